The molecule has 1 aromatic heterocycles. The fourth-order valence-electron chi connectivity index (χ4n) is 11.2. The first-order valence-corrected chi connectivity index (χ1v) is 27.8. The molecule has 1 saturated heterocycles. The third-order valence-corrected chi connectivity index (χ3v) is 18.9. The topological polar surface area (TPSA) is 165 Å². The van der Waals surface area contributed by atoms with Crippen LogP contribution in [0.15, 0.2) is 34.0 Å². The molecule has 420 valence electrons. The molecule has 1 amide bonds. The van der Waals surface area contributed by atoms with Gasteiger partial charge >= 0.3 is 29.8 Å². The van der Waals surface area contributed by atoms with Gasteiger partial charge in [-0.25, -0.2) is 4.79 Å². The molecule has 74 heavy (non-hydrogen) atoms. The van der Waals surface area contributed by atoms with Gasteiger partial charge in [-0.3, -0.25) is 19.1 Å². The van der Waals surface area contributed by atoms with Crippen molar-refractivity contribution < 1.29 is 73.5 Å². The van der Waals surface area contributed by atoms with Gasteiger partial charge in [-0.05, 0) is 132 Å². The van der Waals surface area contributed by atoms with E-state index in [9.17, 15) is 64.1 Å². The summed E-state index contributed by atoms with van der Waals surface area (Å²) < 4.78 is 142. The second-order valence-electron chi connectivity index (χ2n) is 21.0. The zero-order valence-electron chi connectivity index (χ0n) is 42.3. The Balaban J connectivity index is 0.830. The number of aliphatic hydroxyl groups excluding tert-OH is 2. The lowest BCUT2D eigenvalue weighted by molar-refractivity contribution is -0.457. The molecule has 2 unspecified atom stereocenters. The standard InChI is InChI=1S/C50H71F9N4O9S2/c1-45(2,74-73-26-8-6-5-7-20-60-41(66)16-10-32-29-63(44(68)61-43(32)67)42-28-38(65)39(30-64)72-42)19-23-69-33-11-13-34-31(27-33)9-12-36-35(34)17-18-46(3)37(36)14-15-40(46)70-24-21-62(4)22-25-71-47(48(51,52)53,49(54,55)56)50(57,58)59/h11,13,27,29,35-40,42,64-65H,5-10,12,14-26,28,30H2,1-4H3,(H,60,66)(H,61,67,68)/t35?,36?,37-,38-,39+,40-,42+,46-/m0/s1. The normalized spacial score (nSPS) is 25.5. The number of halogens is 9. The molecule has 3 fully saturated rings. The van der Waals surface area contributed by atoms with E-state index < -0.39 is 73.6 Å². The number of carbonyl (C=O) groups excluding carboxylic acids is 1. The highest BCUT2D eigenvalue weighted by Crippen LogP contribution is 2.62. The van der Waals surface area contributed by atoms with Gasteiger partial charge < -0.3 is 39.4 Å². The Kier molecular flexibility index (Phi) is 20.5. The molecule has 2 saturated carbocycles. The summed E-state index contributed by atoms with van der Waals surface area (Å²) >= 11 is 0. The minimum Gasteiger partial charge on any atom is -0.494 e. The number of alkyl halides is 9. The van der Waals surface area contributed by atoms with E-state index in [1.165, 1.54) is 33.8 Å². The number of rotatable bonds is 26. The van der Waals surface area contributed by atoms with E-state index in [4.69, 9.17) is 14.2 Å². The van der Waals surface area contributed by atoms with Crippen LogP contribution in [-0.2, 0) is 31.8 Å². The zero-order chi connectivity index (χ0) is 54.3. The quantitative estimate of drug-likeness (QED) is 0.0402. The Morgan fingerprint density at radius 3 is 2.35 bits per heavy atom. The predicted octanol–water partition coefficient (Wildman–Crippen LogP) is 9.03. The predicted molar refractivity (Wildman–Crippen MR) is 262 cm³/mol. The molecule has 0 spiro atoms. The summed E-state index contributed by atoms with van der Waals surface area (Å²) in [5, 5.41) is 22.3. The largest absolute Gasteiger partial charge is 0.494 e. The first kappa shape index (κ1) is 60.2. The van der Waals surface area contributed by atoms with Crippen LogP contribution in [0.1, 0.15) is 127 Å². The molecule has 4 aliphatic rings. The number of aromatic nitrogens is 2. The summed E-state index contributed by atoms with van der Waals surface area (Å²) in [6, 6.07) is 6.46. The molecular formula is C50H71F9N4O9S2. The van der Waals surface area contributed by atoms with Gasteiger partial charge in [-0.15, -0.1) is 0 Å². The van der Waals surface area contributed by atoms with Gasteiger partial charge in [-0.2, -0.15) is 39.5 Å². The molecule has 3 aliphatic carbocycles. The zero-order valence-corrected chi connectivity index (χ0v) is 43.9. The number of nitrogens with zero attached hydrogens (tertiary/aromatic N) is 2. The second-order valence-corrected chi connectivity index (χ2v) is 24.2. The number of likely N-dealkylation sites (N-methyl/N-ethyl adjacent to an activating group) is 1. The number of amides is 1. The molecule has 6 rings (SSSR count). The van der Waals surface area contributed by atoms with E-state index >= 15 is 0 Å². The van der Waals surface area contributed by atoms with Crippen LogP contribution in [0, 0.1) is 17.3 Å². The number of hydrogen-bond acceptors (Lipinski definition) is 12. The number of benzene rings is 1. The van der Waals surface area contributed by atoms with Crippen LogP contribution in [0.2, 0.25) is 0 Å². The summed E-state index contributed by atoms with van der Waals surface area (Å²) in [6.07, 6.45) is -11.1. The van der Waals surface area contributed by atoms with E-state index in [1.54, 1.807) is 0 Å². The summed E-state index contributed by atoms with van der Waals surface area (Å²) in [5.41, 5.74) is -4.77. The molecule has 2 heterocycles. The van der Waals surface area contributed by atoms with Crippen molar-refractivity contribution in [1.82, 2.24) is 19.8 Å². The SMILES string of the molecule is CN(CCO[C@H]1CC[C@H]2C3CCc4cc(OCCC(C)(C)SSCCCCCCNC(=O)CCc5cn([C@H]6C[C@H](O)[C@@H](CO)O6)c(=O)[nH]c5=O)ccc4C3CC[C@]12C)CCOC(C(F)(F)F)(C(F)(F)F)C(F)(F)F. The molecule has 2 aromatic rings. The second kappa shape index (κ2) is 25.2. The van der Waals surface area contributed by atoms with E-state index in [2.05, 4.69) is 54.0 Å². The van der Waals surface area contributed by atoms with E-state index in [1.807, 2.05) is 21.6 Å². The molecule has 0 bridgehead atoms. The van der Waals surface area contributed by atoms with Gasteiger partial charge in [0, 0.05) is 54.7 Å². The summed E-state index contributed by atoms with van der Waals surface area (Å²) in [4.78, 5) is 40.8. The Morgan fingerprint density at radius 1 is 0.959 bits per heavy atom. The maximum absolute atomic E-state index is 13.2. The average Bonchev–Trinajstić information content (AvgIpc) is 3.86. The van der Waals surface area contributed by atoms with Gasteiger partial charge in [0.15, 0.2) is 0 Å². The van der Waals surface area contributed by atoms with Crippen LogP contribution in [0.4, 0.5) is 39.5 Å². The molecule has 1 aromatic carbocycles. The van der Waals surface area contributed by atoms with Gasteiger partial charge in [0.1, 0.15) is 18.1 Å². The van der Waals surface area contributed by atoms with Crippen molar-refractivity contribution in [3.63, 3.8) is 0 Å². The third-order valence-electron chi connectivity index (χ3n) is 15.5. The first-order valence-electron chi connectivity index (χ1n) is 25.5. The van der Waals surface area contributed by atoms with Crippen LogP contribution >= 0.6 is 21.6 Å². The van der Waals surface area contributed by atoms with Crippen molar-refractivity contribution in [3.05, 3.63) is 61.9 Å². The molecule has 8 atom stereocenters. The number of fused-ring (bicyclic) bond motifs is 5. The minimum absolute atomic E-state index is 0.0101. The number of nitrogens with one attached hydrogen (secondary N) is 2. The fourth-order valence-corrected chi connectivity index (χ4v) is 14.0. The molecule has 13 nitrogen and oxygen atoms in total. The number of H-pyrrole nitrogens is 1. The van der Waals surface area contributed by atoms with Crippen LogP contribution in [-0.4, -0.2) is 137 Å². The monoisotopic (exact) mass is 1110 g/mol. The fraction of sp³-hybridized carbons (Fsp3) is 0.780. The van der Waals surface area contributed by atoms with Gasteiger partial charge in [0.25, 0.3) is 5.56 Å². The molecule has 24 heteroatoms. The van der Waals surface area contributed by atoms with Crippen molar-refractivity contribution in [2.45, 2.75) is 170 Å². The Morgan fingerprint density at radius 2 is 1.66 bits per heavy atom. The van der Waals surface area contributed by atoms with Crippen molar-refractivity contribution in [3.8, 4) is 5.75 Å². The number of ether oxygens (including phenoxy) is 4. The van der Waals surface area contributed by atoms with Gasteiger partial charge in [-0.1, -0.05) is 47.4 Å². The lowest BCUT2D eigenvalue weighted by Gasteiger charge is -2.50. The van der Waals surface area contributed by atoms with E-state index in [0.717, 1.165) is 82.1 Å². The van der Waals surface area contributed by atoms with Crippen molar-refractivity contribution >= 4 is 27.5 Å². The maximum Gasteiger partial charge on any atom is 0.435 e. The molecular weight excluding hydrogens is 1040 g/mol. The smallest absolute Gasteiger partial charge is 0.435 e. The number of carbonyl (C=O) groups is 1. The molecule has 0 radical (unpaired) electrons. The van der Waals surface area contributed by atoms with Gasteiger partial charge in [0.05, 0.1) is 38.6 Å². The Hall–Kier alpha value is -3.00. The van der Waals surface area contributed by atoms with E-state index in [-0.39, 0.29) is 60.2 Å². The van der Waals surface area contributed by atoms with Crippen molar-refractivity contribution in [1.29, 1.82) is 0 Å². The Bertz CT molecular complexity index is 2250. The van der Waals surface area contributed by atoms with Crippen LogP contribution in [0.25, 0.3) is 0 Å². The highest BCUT2D eigenvalue weighted by molar-refractivity contribution is 8.77. The molecule has 1 aliphatic heterocycles. The highest BCUT2D eigenvalue weighted by Gasteiger charge is 2.85. The highest BCUT2D eigenvalue weighted by atomic mass is 33.1. The van der Waals surface area contributed by atoms with Crippen molar-refractivity contribution in [2.75, 3.05) is 58.9 Å². The maximum atomic E-state index is 13.2. The van der Waals surface area contributed by atoms with E-state index in [0.29, 0.717) is 30.9 Å². The van der Waals surface area contributed by atoms with Crippen molar-refractivity contribution in [2.24, 2.45) is 17.3 Å². The number of hydrogen-bond donors (Lipinski definition) is 4. The number of unbranched alkanes of at least 4 members (excludes halogenated alkanes) is 3. The number of aryl methyl sites for hydroxylation is 2. The first-order chi connectivity index (χ1) is 34.7. The summed E-state index contributed by atoms with van der Waals surface area (Å²) in [7, 11) is 5.07. The van der Waals surface area contributed by atoms with Crippen LogP contribution < -0.4 is 21.3 Å². The van der Waals surface area contributed by atoms with Crippen LogP contribution in [0.3, 0.4) is 0 Å². The van der Waals surface area contributed by atoms with Crippen LogP contribution in [0.5, 0.6) is 5.75 Å². The third kappa shape index (κ3) is 14.4. The minimum atomic E-state index is -6.76. The summed E-state index contributed by atoms with van der Waals surface area (Å²) in [6.45, 7) is 5.48. The Labute approximate surface area is 433 Å². The lowest BCUT2D eigenvalue weighted by atomic mass is 9.55. The number of aliphatic hydroxyl groups is 2. The average molecular weight is 1110 g/mol. The lowest BCUT2D eigenvalue weighted by Crippen LogP contribution is -2.68. The van der Waals surface area contributed by atoms with Gasteiger partial charge in [0.2, 0.25) is 5.91 Å². The summed E-state index contributed by atoms with van der Waals surface area (Å²) in [5.74, 6) is 2.91. The molecule has 4 N–H and O–H groups in total. The number of aromatic amines is 1.